The highest BCUT2D eigenvalue weighted by molar-refractivity contribution is 7.92. The Hall–Kier alpha value is -2.93. The van der Waals surface area contributed by atoms with Crippen LogP contribution in [0.2, 0.25) is 0 Å². The van der Waals surface area contributed by atoms with Crippen LogP contribution in [0.25, 0.3) is 0 Å². The van der Waals surface area contributed by atoms with E-state index in [0.29, 0.717) is 11.3 Å². The van der Waals surface area contributed by atoms with Gasteiger partial charge in [0.1, 0.15) is 5.75 Å². The Morgan fingerprint density at radius 2 is 1.64 bits per heavy atom. The monoisotopic (exact) mass is 355 g/mol. The minimum absolute atomic E-state index is 0.140. The predicted molar refractivity (Wildman–Crippen MR) is 95.3 cm³/mol. The molecule has 3 aromatic rings. The van der Waals surface area contributed by atoms with Gasteiger partial charge in [0.05, 0.1) is 23.0 Å². The Morgan fingerprint density at radius 3 is 2.28 bits per heavy atom. The van der Waals surface area contributed by atoms with Gasteiger partial charge >= 0.3 is 6.01 Å². The third-order valence-corrected chi connectivity index (χ3v) is 4.99. The van der Waals surface area contributed by atoms with Gasteiger partial charge in [0.2, 0.25) is 0 Å². The van der Waals surface area contributed by atoms with E-state index in [-0.39, 0.29) is 16.6 Å². The molecule has 1 heterocycles. The van der Waals surface area contributed by atoms with E-state index in [0.717, 1.165) is 5.56 Å². The second-order valence-corrected chi connectivity index (χ2v) is 7.19. The maximum atomic E-state index is 12.5. The first-order valence-corrected chi connectivity index (χ1v) is 9.07. The van der Waals surface area contributed by atoms with Crippen LogP contribution in [0.3, 0.4) is 0 Å². The molecule has 0 saturated carbocycles. The van der Waals surface area contributed by atoms with E-state index in [2.05, 4.69) is 14.7 Å². The van der Waals surface area contributed by atoms with Gasteiger partial charge in [-0.1, -0.05) is 35.9 Å². The van der Waals surface area contributed by atoms with Crippen LogP contribution in [0.4, 0.5) is 5.69 Å². The molecule has 0 spiro atoms. The molecular formula is C18H17N3O3S. The lowest BCUT2D eigenvalue weighted by Gasteiger charge is -2.11. The Balaban J connectivity index is 1.76. The summed E-state index contributed by atoms with van der Waals surface area (Å²) in [7, 11) is -3.70. The summed E-state index contributed by atoms with van der Waals surface area (Å²) in [5.41, 5.74) is 1.94. The molecule has 0 bridgehead atoms. The van der Waals surface area contributed by atoms with Gasteiger partial charge in [-0.25, -0.2) is 18.4 Å². The first-order valence-electron chi connectivity index (χ1n) is 7.59. The number of ether oxygens (including phenoxy) is 1. The van der Waals surface area contributed by atoms with Crippen molar-refractivity contribution in [2.24, 2.45) is 0 Å². The zero-order valence-electron chi connectivity index (χ0n) is 13.8. The Morgan fingerprint density at radius 1 is 0.960 bits per heavy atom. The van der Waals surface area contributed by atoms with Crippen LogP contribution >= 0.6 is 0 Å². The molecule has 0 aliphatic heterocycles. The summed E-state index contributed by atoms with van der Waals surface area (Å²) < 4.78 is 33.0. The molecule has 25 heavy (non-hydrogen) atoms. The molecule has 7 heteroatoms. The quantitative estimate of drug-likeness (QED) is 0.755. The van der Waals surface area contributed by atoms with Gasteiger partial charge in [-0.2, -0.15) is 0 Å². The first-order chi connectivity index (χ1) is 11.9. The van der Waals surface area contributed by atoms with Crippen molar-refractivity contribution in [1.82, 2.24) is 9.97 Å². The van der Waals surface area contributed by atoms with E-state index in [9.17, 15) is 8.42 Å². The largest absolute Gasteiger partial charge is 0.424 e. The smallest absolute Gasteiger partial charge is 0.322 e. The van der Waals surface area contributed by atoms with E-state index in [1.54, 1.807) is 31.2 Å². The number of para-hydroxylation sites is 1. The van der Waals surface area contributed by atoms with Gasteiger partial charge < -0.3 is 4.74 Å². The third-order valence-electron chi connectivity index (χ3n) is 3.45. The Kier molecular flexibility index (Phi) is 4.67. The standard InChI is InChI=1S/C18H17N3O3S/c1-13-8-9-17(14(2)10-13)25(22,23)21-15-11-19-18(20-12-15)24-16-6-4-3-5-7-16/h3-12,21H,1-2H3. The van der Waals surface area contributed by atoms with Crippen LogP contribution in [0.1, 0.15) is 11.1 Å². The fourth-order valence-corrected chi connectivity index (χ4v) is 3.58. The summed E-state index contributed by atoms with van der Waals surface area (Å²) in [4.78, 5) is 8.28. The van der Waals surface area contributed by atoms with E-state index in [1.165, 1.54) is 12.4 Å². The molecule has 0 atom stereocenters. The molecule has 3 rings (SSSR count). The maximum Gasteiger partial charge on any atom is 0.322 e. The Bertz CT molecular complexity index is 972. The maximum absolute atomic E-state index is 12.5. The summed E-state index contributed by atoms with van der Waals surface area (Å²) in [5, 5.41) is 0. The summed E-state index contributed by atoms with van der Waals surface area (Å²) in [6.07, 6.45) is 2.73. The molecular weight excluding hydrogens is 338 g/mol. The van der Waals surface area contributed by atoms with Crippen LogP contribution in [0.15, 0.2) is 65.8 Å². The molecule has 6 nitrogen and oxygen atoms in total. The molecule has 0 fully saturated rings. The zero-order valence-corrected chi connectivity index (χ0v) is 14.6. The van der Waals surface area contributed by atoms with Gasteiger partial charge in [-0.05, 0) is 37.6 Å². The molecule has 2 aromatic carbocycles. The zero-order chi connectivity index (χ0) is 17.9. The van der Waals surface area contributed by atoms with Crippen molar-refractivity contribution in [3.63, 3.8) is 0 Å². The van der Waals surface area contributed by atoms with E-state index in [1.807, 2.05) is 31.2 Å². The van der Waals surface area contributed by atoms with Crippen LogP contribution in [-0.4, -0.2) is 18.4 Å². The minimum Gasteiger partial charge on any atom is -0.424 e. The number of hydrogen-bond donors (Lipinski definition) is 1. The number of aromatic nitrogens is 2. The SMILES string of the molecule is Cc1ccc(S(=O)(=O)Nc2cnc(Oc3ccccc3)nc2)c(C)c1. The van der Waals surface area contributed by atoms with Crippen LogP contribution in [-0.2, 0) is 10.0 Å². The van der Waals surface area contributed by atoms with Crippen molar-refractivity contribution >= 4 is 15.7 Å². The lowest BCUT2D eigenvalue weighted by molar-refractivity contribution is 0.442. The number of aryl methyl sites for hydroxylation is 2. The van der Waals surface area contributed by atoms with Gasteiger partial charge in [0, 0.05) is 0 Å². The highest BCUT2D eigenvalue weighted by Gasteiger charge is 2.17. The average molecular weight is 355 g/mol. The summed E-state index contributed by atoms with van der Waals surface area (Å²) in [6, 6.07) is 14.4. The highest BCUT2D eigenvalue weighted by Crippen LogP contribution is 2.21. The summed E-state index contributed by atoms with van der Waals surface area (Å²) in [6.45, 7) is 3.67. The predicted octanol–water partition coefficient (Wildman–Crippen LogP) is 3.69. The van der Waals surface area contributed by atoms with Crippen LogP contribution in [0, 0.1) is 13.8 Å². The minimum atomic E-state index is -3.70. The van der Waals surface area contributed by atoms with Crippen molar-refractivity contribution < 1.29 is 13.2 Å². The summed E-state index contributed by atoms with van der Waals surface area (Å²) in [5.74, 6) is 0.603. The molecule has 0 saturated heterocycles. The number of benzene rings is 2. The third kappa shape index (κ3) is 4.13. The van der Waals surface area contributed by atoms with Crippen LogP contribution in [0.5, 0.6) is 11.8 Å². The number of sulfonamides is 1. The molecule has 1 aromatic heterocycles. The second-order valence-electron chi connectivity index (χ2n) is 5.54. The highest BCUT2D eigenvalue weighted by atomic mass is 32.2. The summed E-state index contributed by atoms with van der Waals surface area (Å²) >= 11 is 0. The number of nitrogens with zero attached hydrogens (tertiary/aromatic N) is 2. The van der Waals surface area contributed by atoms with Crippen molar-refractivity contribution in [3.05, 3.63) is 72.1 Å². The molecule has 0 aliphatic carbocycles. The van der Waals surface area contributed by atoms with E-state index >= 15 is 0 Å². The molecule has 1 N–H and O–H groups in total. The molecule has 0 unspecified atom stereocenters. The van der Waals surface area contributed by atoms with Crippen molar-refractivity contribution in [3.8, 4) is 11.8 Å². The van der Waals surface area contributed by atoms with Crippen molar-refractivity contribution in [1.29, 1.82) is 0 Å². The number of nitrogens with one attached hydrogen (secondary N) is 1. The fraction of sp³-hybridized carbons (Fsp3) is 0.111. The fourth-order valence-electron chi connectivity index (χ4n) is 2.33. The first kappa shape index (κ1) is 16.9. The molecule has 128 valence electrons. The van der Waals surface area contributed by atoms with Gasteiger partial charge in [-0.15, -0.1) is 0 Å². The molecule has 0 radical (unpaired) electrons. The van der Waals surface area contributed by atoms with Crippen molar-refractivity contribution in [2.45, 2.75) is 18.7 Å². The molecule has 0 amide bonds. The van der Waals surface area contributed by atoms with Gasteiger partial charge in [0.25, 0.3) is 10.0 Å². The molecule has 0 aliphatic rings. The van der Waals surface area contributed by atoms with Crippen molar-refractivity contribution in [2.75, 3.05) is 4.72 Å². The average Bonchev–Trinajstić information content (AvgIpc) is 2.57. The second kappa shape index (κ2) is 6.90. The van der Waals surface area contributed by atoms with Crippen LogP contribution < -0.4 is 9.46 Å². The normalized spacial score (nSPS) is 11.1. The lowest BCUT2D eigenvalue weighted by Crippen LogP contribution is -2.14. The number of hydrogen-bond acceptors (Lipinski definition) is 5. The van der Waals surface area contributed by atoms with Gasteiger partial charge in [-0.3, -0.25) is 4.72 Å². The number of anilines is 1. The van der Waals surface area contributed by atoms with E-state index in [4.69, 9.17) is 4.74 Å². The topological polar surface area (TPSA) is 81.2 Å². The Labute approximate surface area is 146 Å². The van der Waals surface area contributed by atoms with Gasteiger partial charge in [0.15, 0.2) is 0 Å². The van der Waals surface area contributed by atoms with E-state index < -0.39 is 10.0 Å². The number of rotatable bonds is 5. The lowest BCUT2D eigenvalue weighted by atomic mass is 10.2.